The van der Waals surface area contributed by atoms with E-state index in [1.807, 2.05) is 24.3 Å². The molecule has 0 aliphatic heterocycles. The zero-order chi connectivity index (χ0) is 12.4. The predicted molar refractivity (Wildman–Crippen MR) is 64.3 cm³/mol. The molecule has 0 saturated carbocycles. The SMILES string of the molecule is CCc1ccc(-n2ncc(C(=O)O)c2N)cc1. The summed E-state index contributed by atoms with van der Waals surface area (Å²) in [6, 6.07) is 7.68. The molecule has 0 radical (unpaired) electrons. The lowest BCUT2D eigenvalue weighted by Gasteiger charge is -2.05. The monoisotopic (exact) mass is 231 g/mol. The van der Waals surface area contributed by atoms with Crippen molar-refractivity contribution >= 4 is 11.8 Å². The van der Waals surface area contributed by atoms with Gasteiger partial charge in [-0.1, -0.05) is 19.1 Å². The maximum absolute atomic E-state index is 10.8. The van der Waals surface area contributed by atoms with Crippen molar-refractivity contribution in [1.29, 1.82) is 0 Å². The number of nitrogens with zero attached hydrogens (tertiary/aromatic N) is 2. The summed E-state index contributed by atoms with van der Waals surface area (Å²) in [6.07, 6.45) is 2.21. The maximum Gasteiger partial charge on any atom is 0.341 e. The summed E-state index contributed by atoms with van der Waals surface area (Å²) in [6.45, 7) is 2.07. The third-order valence-corrected chi connectivity index (χ3v) is 2.63. The van der Waals surface area contributed by atoms with Crippen molar-refractivity contribution in [2.75, 3.05) is 5.73 Å². The fourth-order valence-corrected chi connectivity index (χ4v) is 1.60. The summed E-state index contributed by atoms with van der Waals surface area (Å²) in [7, 11) is 0. The number of carboxylic acid groups (broad SMARTS) is 1. The Labute approximate surface area is 98.5 Å². The van der Waals surface area contributed by atoms with Gasteiger partial charge in [-0.25, -0.2) is 9.48 Å². The second-order valence-corrected chi connectivity index (χ2v) is 3.68. The Balaban J connectivity index is 2.42. The zero-order valence-corrected chi connectivity index (χ0v) is 9.42. The van der Waals surface area contributed by atoms with Crippen LogP contribution in [0.2, 0.25) is 0 Å². The van der Waals surface area contributed by atoms with Gasteiger partial charge in [0.1, 0.15) is 11.4 Å². The van der Waals surface area contributed by atoms with Crippen molar-refractivity contribution in [3.63, 3.8) is 0 Å². The van der Waals surface area contributed by atoms with Crippen LogP contribution in [-0.4, -0.2) is 20.9 Å². The number of carboxylic acids is 1. The lowest BCUT2D eigenvalue weighted by Crippen LogP contribution is -2.05. The van der Waals surface area contributed by atoms with Gasteiger partial charge in [-0.05, 0) is 24.1 Å². The predicted octanol–water partition coefficient (Wildman–Crippen LogP) is 1.72. The molecule has 0 bridgehead atoms. The topological polar surface area (TPSA) is 81.1 Å². The molecule has 0 unspecified atom stereocenters. The Morgan fingerprint density at radius 1 is 1.41 bits per heavy atom. The van der Waals surface area contributed by atoms with Crippen LogP contribution in [0.15, 0.2) is 30.5 Å². The Morgan fingerprint density at radius 2 is 2.06 bits per heavy atom. The number of aromatic nitrogens is 2. The highest BCUT2D eigenvalue weighted by Gasteiger charge is 2.14. The van der Waals surface area contributed by atoms with Gasteiger partial charge in [-0.3, -0.25) is 0 Å². The van der Waals surface area contributed by atoms with E-state index in [-0.39, 0.29) is 11.4 Å². The molecule has 0 amide bonds. The first-order valence-corrected chi connectivity index (χ1v) is 5.29. The van der Waals surface area contributed by atoms with E-state index in [1.165, 1.54) is 16.4 Å². The summed E-state index contributed by atoms with van der Waals surface area (Å²) in [4.78, 5) is 10.8. The molecule has 1 heterocycles. The molecule has 0 spiro atoms. The molecule has 1 aromatic heterocycles. The highest BCUT2D eigenvalue weighted by atomic mass is 16.4. The van der Waals surface area contributed by atoms with Crippen molar-refractivity contribution in [3.05, 3.63) is 41.6 Å². The number of rotatable bonds is 3. The molecule has 0 atom stereocenters. The molecular formula is C12H13N3O2. The number of aromatic carboxylic acids is 1. The minimum Gasteiger partial charge on any atom is -0.477 e. The third-order valence-electron chi connectivity index (χ3n) is 2.63. The van der Waals surface area contributed by atoms with Crippen molar-refractivity contribution in [3.8, 4) is 5.69 Å². The van der Waals surface area contributed by atoms with Crippen LogP contribution in [0.1, 0.15) is 22.8 Å². The Hall–Kier alpha value is -2.30. The molecular weight excluding hydrogens is 218 g/mol. The number of aryl methyl sites for hydroxylation is 1. The van der Waals surface area contributed by atoms with Crippen LogP contribution in [0.5, 0.6) is 0 Å². The van der Waals surface area contributed by atoms with Crippen molar-refractivity contribution in [1.82, 2.24) is 9.78 Å². The van der Waals surface area contributed by atoms with Gasteiger partial charge in [0.05, 0.1) is 11.9 Å². The van der Waals surface area contributed by atoms with E-state index in [2.05, 4.69) is 12.0 Å². The van der Waals surface area contributed by atoms with Crippen molar-refractivity contribution in [2.24, 2.45) is 0 Å². The smallest absolute Gasteiger partial charge is 0.341 e. The lowest BCUT2D eigenvalue weighted by atomic mass is 10.1. The number of hydrogen-bond donors (Lipinski definition) is 2. The Bertz CT molecular complexity index is 543. The molecule has 88 valence electrons. The van der Waals surface area contributed by atoms with Crippen LogP contribution in [0, 0.1) is 0 Å². The van der Waals surface area contributed by atoms with E-state index in [4.69, 9.17) is 10.8 Å². The number of benzene rings is 1. The van der Waals surface area contributed by atoms with Gasteiger partial charge in [0, 0.05) is 0 Å². The van der Waals surface area contributed by atoms with Crippen molar-refractivity contribution in [2.45, 2.75) is 13.3 Å². The van der Waals surface area contributed by atoms with Crippen LogP contribution in [0.25, 0.3) is 5.69 Å². The minimum absolute atomic E-state index is 0.0181. The second kappa shape index (κ2) is 4.29. The van der Waals surface area contributed by atoms with E-state index in [0.29, 0.717) is 0 Å². The molecule has 0 aliphatic rings. The average molecular weight is 231 g/mol. The van der Waals surface area contributed by atoms with E-state index in [9.17, 15) is 4.79 Å². The molecule has 0 saturated heterocycles. The third kappa shape index (κ3) is 1.99. The second-order valence-electron chi connectivity index (χ2n) is 3.68. The molecule has 1 aromatic carbocycles. The average Bonchev–Trinajstić information content (AvgIpc) is 2.71. The standard InChI is InChI=1S/C12H13N3O2/c1-2-8-3-5-9(6-4-8)15-11(13)10(7-14-15)12(16)17/h3-7H,2,13H2,1H3,(H,16,17). The molecule has 0 aliphatic carbocycles. The van der Waals surface area contributed by atoms with Gasteiger partial charge in [-0.2, -0.15) is 5.10 Å². The molecule has 0 fully saturated rings. The van der Waals surface area contributed by atoms with Crippen LogP contribution in [-0.2, 0) is 6.42 Å². The Kier molecular flexibility index (Phi) is 2.82. The molecule has 2 rings (SSSR count). The van der Waals surface area contributed by atoms with Gasteiger partial charge in [0.25, 0.3) is 0 Å². The first kappa shape index (κ1) is 11.2. The number of hydrogen-bond acceptors (Lipinski definition) is 3. The van der Waals surface area contributed by atoms with Gasteiger partial charge in [0.2, 0.25) is 0 Å². The zero-order valence-electron chi connectivity index (χ0n) is 9.42. The van der Waals surface area contributed by atoms with Crippen LogP contribution < -0.4 is 5.73 Å². The largest absolute Gasteiger partial charge is 0.477 e. The van der Waals surface area contributed by atoms with Gasteiger partial charge in [-0.15, -0.1) is 0 Å². The Morgan fingerprint density at radius 3 is 2.53 bits per heavy atom. The quantitative estimate of drug-likeness (QED) is 0.842. The number of nitrogens with two attached hydrogens (primary N) is 1. The summed E-state index contributed by atoms with van der Waals surface area (Å²) in [5.41, 5.74) is 7.71. The van der Waals surface area contributed by atoms with Crippen molar-refractivity contribution < 1.29 is 9.90 Å². The summed E-state index contributed by atoms with van der Waals surface area (Å²) < 4.78 is 1.42. The first-order chi connectivity index (χ1) is 8.13. The number of nitrogen functional groups attached to an aromatic ring is 1. The highest BCUT2D eigenvalue weighted by molar-refractivity contribution is 5.92. The van der Waals surface area contributed by atoms with E-state index in [0.717, 1.165) is 12.1 Å². The molecule has 17 heavy (non-hydrogen) atoms. The van der Waals surface area contributed by atoms with Crippen LogP contribution in [0.3, 0.4) is 0 Å². The van der Waals surface area contributed by atoms with Gasteiger partial charge < -0.3 is 10.8 Å². The summed E-state index contributed by atoms with van der Waals surface area (Å²) in [5, 5.41) is 12.8. The molecule has 5 nitrogen and oxygen atoms in total. The number of carbonyl (C=O) groups is 1. The summed E-state index contributed by atoms with van der Waals surface area (Å²) in [5.74, 6) is -0.930. The van der Waals surface area contributed by atoms with Crippen LogP contribution in [0.4, 0.5) is 5.82 Å². The first-order valence-electron chi connectivity index (χ1n) is 5.29. The fourth-order valence-electron chi connectivity index (χ4n) is 1.60. The fraction of sp³-hybridized carbons (Fsp3) is 0.167. The lowest BCUT2D eigenvalue weighted by molar-refractivity contribution is 0.0698. The normalized spacial score (nSPS) is 10.4. The van der Waals surface area contributed by atoms with E-state index in [1.54, 1.807) is 0 Å². The molecule has 2 aromatic rings. The van der Waals surface area contributed by atoms with E-state index >= 15 is 0 Å². The van der Waals surface area contributed by atoms with Gasteiger partial charge in [0.15, 0.2) is 0 Å². The van der Waals surface area contributed by atoms with Gasteiger partial charge >= 0.3 is 5.97 Å². The molecule has 3 N–H and O–H groups in total. The van der Waals surface area contributed by atoms with E-state index < -0.39 is 5.97 Å². The highest BCUT2D eigenvalue weighted by Crippen LogP contribution is 2.17. The molecule has 5 heteroatoms. The summed E-state index contributed by atoms with van der Waals surface area (Å²) >= 11 is 0. The maximum atomic E-state index is 10.8. The van der Waals surface area contributed by atoms with Crippen LogP contribution >= 0.6 is 0 Å². The minimum atomic E-state index is -1.07. The number of anilines is 1.